The molecule has 2 N–H and O–H groups in total. The summed E-state index contributed by atoms with van der Waals surface area (Å²) in [7, 11) is 0. The smallest absolute Gasteiger partial charge is 0.162 e. The van der Waals surface area contributed by atoms with E-state index in [2.05, 4.69) is 79.1 Å². The SMILES string of the molecule is CCc1cccc(-c2cc(NCCCCNCCCl)n3nc(C)c(C4C=CC=CC4)c3n2)c1. The maximum Gasteiger partial charge on any atom is 0.162 e. The van der Waals surface area contributed by atoms with Crippen LogP contribution in [0.15, 0.2) is 54.6 Å². The third-order valence-corrected chi connectivity index (χ3v) is 6.34. The first-order chi connectivity index (χ1) is 16.2. The Morgan fingerprint density at radius 3 is 2.79 bits per heavy atom. The Morgan fingerprint density at radius 1 is 1.12 bits per heavy atom. The number of nitrogens with zero attached hydrogens (tertiary/aromatic N) is 3. The molecule has 0 fully saturated rings. The molecule has 6 heteroatoms. The van der Waals surface area contributed by atoms with E-state index in [1.165, 1.54) is 11.1 Å². The van der Waals surface area contributed by atoms with Gasteiger partial charge in [-0.3, -0.25) is 0 Å². The molecule has 2 aromatic heterocycles. The highest BCUT2D eigenvalue weighted by molar-refractivity contribution is 6.18. The number of halogens is 1. The van der Waals surface area contributed by atoms with Crippen LogP contribution in [0.2, 0.25) is 0 Å². The van der Waals surface area contributed by atoms with Crippen molar-refractivity contribution in [2.45, 2.75) is 45.4 Å². The highest BCUT2D eigenvalue weighted by atomic mass is 35.5. The second kappa shape index (κ2) is 11.5. The number of benzene rings is 1. The molecule has 0 aliphatic heterocycles. The minimum absolute atomic E-state index is 0.304. The summed E-state index contributed by atoms with van der Waals surface area (Å²) in [5.74, 6) is 1.95. The van der Waals surface area contributed by atoms with Gasteiger partial charge in [-0.1, -0.05) is 49.4 Å². The lowest BCUT2D eigenvalue weighted by Crippen LogP contribution is -2.18. The monoisotopic (exact) mass is 463 g/mol. The largest absolute Gasteiger partial charge is 0.370 e. The lowest BCUT2D eigenvalue weighted by molar-refractivity contribution is 0.653. The zero-order chi connectivity index (χ0) is 23.0. The molecule has 3 aromatic rings. The van der Waals surface area contributed by atoms with Crippen LogP contribution in [0.3, 0.4) is 0 Å². The van der Waals surface area contributed by atoms with Gasteiger partial charge in [0.1, 0.15) is 5.82 Å². The van der Waals surface area contributed by atoms with Gasteiger partial charge in [0.25, 0.3) is 0 Å². The number of nitrogens with one attached hydrogen (secondary N) is 2. The van der Waals surface area contributed by atoms with E-state index in [1.54, 1.807) is 0 Å². The van der Waals surface area contributed by atoms with Crippen molar-refractivity contribution in [2.24, 2.45) is 0 Å². The molecule has 2 heterocycles. The van der Waals surface area contributed by atoms with Crippen molar-refractivity contribution >= 4 is 23.1 Å². The summed E-state index contributed by atoms with van der Waals surface area (Å²) in [6.07, 6.45) is 12.9. The number of hydrogen-bond donors (Lipinski definition) is 2. The van der Waals surface area contributed by atoms with Crippen LogP contribution in [-0.2, 0) is 6.42 Å². The molecule has 174 valence electrons. The van der Waals surface area contributed by atoms with Gasteiger partial charge in [-0.25, -0.2) is 4.98 Å². The van der Waals surface area contributed by atoms with Crippen molar-refractivity contribution in [3.8, 4) is 11.3 Å². The summed E-state index contributed by atoms with van der Waals surface area (Å²) in [4.78, 5) is 5.14. The fraction of sp³-hybridized carbons (Fsp3) is 0.407. The minimum Gasteiger partial charge on any atom is -0.370 e. The molecule has 1 aromatic carbocycles. The molecule has 33 heavy (non-hydrogen) atoms. The predicted octanol–water partition coefficient (Wildman–Crippen LogP) is 5.89. The molecule has 0 spiro atoms. The summed E-state index contributed by atoms with van der Waals surface area (Å²) in [6.45, 7) is 7.02. The van der Waals surface area contributed by atoms with Gasteiger partial charge in [-0.05, 0) is 50.8 Å². The maximum absolute atomic E-state index is 5.73. The highest BCUT2D eigenvalue weighted by Crippen LogP contribution is 2.33. The van der Waals surface area contributed by atoms with Crippen molar-refractivity contribution in [3.05, 3.63) is 71.5 Å². The average Bonchev–Trinajstić information content (AvgIpc) is 3.19. The topological polar surface area (TPSA) is 54.2 Å². The molecule has 1 atom stereocenters. The molecule has 0 amide bonds. The Balaban J connectivity index is 1.67. The van der Waals surface area contributed by atoms with E-state index in [-0.39, 0.29) is 0 Å². The van der Waals surface area contributed by atoms with Crippen LogP contribution in [0.1, 0.15) is 48.9 Å². The molecular weight excluding hydrogens is 430 g/mol. The van der Waals surface area contributed by atoms with Gasteiger partial charge < -0.3 is 10.6 Å². The first-order valence-corrected chi connectivity index (χ1v) is 12.6. The minimum atomic E-state index is 0.304. The van der Waals surface area contributed by atoms with Gasteiger partial charge >= 0.3 is 0 Å². The van der Waals surface area contributed by atoms with Crippen molar-refractivity contribution in [1.29, 1.82) is 0 Å². The van der Waals surface area contributed by atoms with Crippen LogP contribution in [0.4, 0.5) is 5.82 Å². The fourth-order valence-corrected chi connectivity index (χ4v) is 4.51. The molecule has 0 saturated heterocycles. The van der Waals surface area contributed by atoms with E-state index in [0.29, 0.717) is 11.8 Å². The Bertz CT molecular complexity index is 1130. The zero-order valence-electron chi connectivity index (χ0n) is 19.6. The molecule has 0 saturated carbocycles. The Morgan fingerprint density at radius 2 is 2.00 bits per heavy atom. The number of aromatic nitrogens is 3. The third-order valence-electron chi connectivity index (χ3n) is 6.15. The van der Waals surface area contributed by atoms with Crippen LogP contribution in [0, 0.1) is 6.92 Å². The van der Waals surface area contributed by atoms with E-state index >= 15 is 0 Å². The van der Waals surface area contributed by atoms with E-state index < -0.39 is 0 Å². The molecule has 0 bridgehead atoms. The molecule has 4 rings (SSSR count). The number of unbranched alkanes of at least 4 members (excludes halogenated alkanes) is 1. The van der Waals surface area contributed by atoms with E-state index in [1.807, 2.05) is 4.52 Å². The molecule has 1 unspecified atom stereocenters. The van der Waals surface area contributed by atoms with Crippen molar-refractivity contribution < 1.29 is 0 Å². The van der Waals surface area contributed by atoms with Gasteiger partial charge in [0.15, 0.2) is 5.65 Å². The van der Waals surface area contributed by atoms with Crippen LogP contribution in [0.5, 0.6) is 0 Å². The zero-order valence-corrected chi connectivity index (χ0v) is 20.4. The lowest BCUT2D eigenvalue weighted by Gasteiger charge is -2.15. The Hall–Kier alpha value is -2.63. The summed E-state index contributed by atoms with van der Waals surface area (Å²) < 4.78 is 2.00. The first kappa shape index (κ1) is 23.5. The van der Waals surface area contributed by atoms with E-state index in [0.717, 1.165) is 73.7 Å². The van der Waals surface area contributed by atoms with Crippen LogP contribution in [0.25, 0.3) is 16.9 Å². The second-order valence-corrected chi connectivity index (χ2v) is 8.92. The summed E-state index contributed by atoms with van der Waals surface area (Å²) >= 11 is 5.73. The number of fused-ring (bicyclic) bond motifs is 1. The van der Waals surface area contributed by atoms with Gasteiger partial charge in [-0.2, -0.15) is 9.61 Å². The first-order valence-electron chi connectivity index (χ1n) is 12.0. The summed E-state index contributed by atoms with van der Waals surface area (Å²) in [6, 6.07) is 10.8. The Labute approximate surface area is 202 Å². The fourth-order valence-electron chi connectivity index (χ4n) is 4.38. The lowest BCUT2D eigenvalue weighted by atomic mass is 9.92. The van der Waals surface area contributed by atoms with Gasteiger partial charge in [0, 0.05) is 42.1 Å². The number of rotatable bonds is 11. The van der Waals surface area contributed by atoms with Crippen LogP contribution >= 0.6 is 11.6 Å². The average molecular weight is 464 g/mol. The second-order valence-electron chi connectivity index (χ2n) is 8.54. The van der Waals surface area contributed by atoms with Gasteiger partial charge in [0.05, 0.1) is 11.4 Å². The molecule has 1 aliphatic rings. The predicted molar refractivity (Wildman–Crippen MR) is 139 cm³/mol. The van der Waals surface area contributed by atoms with Crippen molar-refractivity contribution in [2.75, 3.05) is 30.8 Å². The third kappa shape index (κ3) is 5.66. The quantitative estimate of drug-likeness (QED) is 0.275. The van der Waals surface area contributed by atoms with E-state index in [4.69, 9.17) is 21.7 Å². The summed E-state index contributed by atoms with van der Waals surface area (Å²) in [5, 5.41) is 11.9. The number of hydrogen-bond acceptors (Lipinski definition) is 4. The Kier molecular flexibility index (Phi) is 8.19. The molecule has 0 radical (unpaired) electrons. The number of aryl methyl sites for hydroxylation is 2. The van der Waals surface area contributed by atoms with Crippen LogP contribution in [-0.4, -0.2) is 40.1 Å². The normalized spacial score (nSPS) is 15.4. The molecule has 5 nitrogen and oxygen atoms in total. The molecule has 1 aliphatic carbocycles. The summed E-state index contributed by atoms with van der Waals surface area (Å²) in [5.41, 5.74) is 6.66. The van der Waals surface area contributed by atoms with Crippen molar-refractivity contribution in [1.82, 2.24) is 19.9 Å². The van der Waals surface area contributed by atoms with Gasteiger partial charge in [-0.15, -0.1) is 11.6 Å². The number of allylic oxidation sites excluding steroid dienone is 4. The van der Waals surface area contributed by atoms with Gasteiger partial charge in [0.2, 0.25) is 0 Å². The number of anilines is 1. The maximum atomic E-state index is 5.73. The van der Waals surface area contributed by atoms with Crippen LogP contribution < -0.4 is 10.6 Å². The highest BCUT2D eigenvalue weighted by Gasteiger charge is 2.21. The number of alkyl halides is 1. The van der Waals surface area contributed by atoms with E-state index in [9.17, 15) is 0 Å². The standard InChI is InChI=1S/C27H34ClN5/c1-3-21-10-9-13-23(18-21)24-19-25(30-16-8-7-15-29-17-14-28)33-27(31-24)26(20(2)32-33)22-11-5-4-6-12-22/h4-6,9-11,13,18-19,22,29-30H,3,7-8,12,14-17H2,1-2H3. The molecular formula is C27H34ClN5. The van der Waals surface area contributed by atoms with Crippen molar-refractivity contribution in [3.63, 3.8) is 0 Å².